The highest BCUT2D eigenvalue weighted by molar-refractivity contribution is 7.90. The van der Waals surface area contributed by atoms with Gasteiger partial charge in [0.15, 0.2) is 15.7 Å². The van der Waals surface area contributed by atoms with Crippen LogP contribution in [0.4, 0.5) is 5.82 Å². The molecule has 1 aromatic heterocycles. The molecule has 0 atom stereocenters. The van der Waals surface area contributed by atoms with E-state index >= 15 is 0 Å². The van der Waals surface area contributed by atoms with E-state index in [0.717, 1.165) is 29.2 Å². The number of sulfone groups is 1. The van der Waals surface area contributed by atoms with Gasteiger partial charge < -0.3 is 4.74 Å². The zero-order valence-electron chi connectivity index (χ0n) is 21.1. The first-order chi connectivity index (χ1) is 17.7. The minimum absolute atomic E-state index is 0.0140. The average molecular weight is 543 g/mol. The van der Waals surface area contributed by atoms with E-state index in [1.165, 1.54) is 19.1 Å². The normalized spacial score (nSPS) is 16.8. The van der Waals surface area contributed by atoms with Crippen molar-refractivity contribution in [2.75, 3.05) is 37.4 Å². The van der Waals surface area contributed by atoms with Gasteiger partial charge in [-0.1, -0.05) is 23.7 Å². The predicted octanol–water partition coefficient (Wildman–Crippen LogP) is 3.93. The van der Waals surface area contributed by atoms with Gasteiger partial charge in [0.25, 0.3) is 0 Å². The van der Waals surface area contributed by atoms with Crippen LogP contribution in [0.3, 0.4) is 0 Å². The third-order valence-corrected chi connectivity index (χ3v) is 8.18. The fourth-order valence-electron chi connectivity index (χ4n) is 4.45. The predicted molar refractivity (Wildman–Crippen MR) is 143 cm³/mol. The summed E-state index contributed by atoms with van der Waals surface area (Å²) in [5, 5.41) is 5.40. The van der Waals surface area contributed by atoms with Crippen molar-refractivity contribution >= 4 is 33.2 Å². The van der Waals surface area contributed by atoms with Crippen LogP contribution in [0.2, 0.25) is 5.02 Å². The lowest BCUT2D eigenvalue weighted by Crippen LogP contribution is -2.50. The van der Waals surface area contributed by atoms with Gasteiger partial charge in [0.05, 0.1) is 24.6 Å². The smallest absolute Gasteiger partial charge is 0.242 e. The van der Waals surface area contributed by atoms with E-state index in [1.807, 2.05) is 35.9 Å². The van der Waals surface area contributed by atoms with E-state index in [-0.39, 0.29) is 12.5 Å². The van der Waals surface area contributed by atoms with Gasteiger partial charge in [0, 0.05) is 48.2 Å². The number of aryl methyl sites for hydroxylation is 1. The minimum Gasteiger partial charge on any atom is -0.493 e. The summed E-state index contributed by atoms with van der Waals surface area (Å²) >= 11 is 6.27. The number of hydrogen-bond acceptors (Lipinski definition) is 6. The SMILES string of the molecule is Cc1cc(N2CCN(Cc3ccc(S(C)(=O)=O)cc3)CC2=O)nn1Cc1cc(Cl)ccc1OCC1CC1. The molecule has 1 amide bonds. The second-order valence-corrected chi connectivity index (χ2v) is 12.4. The third-order valence-electron chi connectivity index (χ3n) is 6.82. The van der Waals surface area contributed by atoms with Crippen molar-refractivity contribution in [1.29, 1.82) is 0 Å². The van der Waals surface area contributed by atoms with Gasteiger partial charge in [-0.3, -0.25) is 19.3 Å². The molecule has 5 rings (SSSR count). The molecule has 2 fully saturated rings. The molecule has 8 nitrogen and oxygen atoms in total. The van der Waals surface area contributed by atoms with Crippen molar-refractivity contribution in [3.8, 4) is 5.75 Å². The summed E-state index contributed by atoms with van der Waals surface area (Å²) in [6.45, 7) is 5.28. The lowest BCUT2D eigenvalue weighted by atomic mass is 10.2. The molecule has 2 aromatic carbocycles. The fraction of sp³-hybridized carbons (Fsp3) is 0.407. The minimum atomic E-state index is -3.23. The summed E-state index contributed by atoms with van der Waals surface area (Å²) in [7, 11) is -3.23. The largest absolute Gasteiger partial charge is 0.493 e. The number of carbonyl (C=O) groups is 1. The highest BCUT2D eigenvalue weighted by Gasteiger charge is 2.27. The molecule has 37 heavy (non-hydrogen) atoms. The number of aromatic nitrogens is 2. The van der Waals surface area contributed by atoms with Gasteiger partial charge in [-0.15, -0.1) is 0 Å². The molecule has 2 aliphatic rings. The lowest BCUT2D eigenvalue weighted by molar-refractivity contribution is -0.121. The van der Waals surface area contributed by atoms with E-state index < -0.39 is 9.84 Å². The van der Waals surface area contributed by atoms with Crippen LogP contribution in [0, 0.1) is 12.8 Å². The molecule has 1 saturated heterocycles. The van der Waals surface area contributed by atoms with Crippen LogP contribution in [-0.2, 0) is 27.7 Å². The first-order valence-electron chi connectivity index (χ1n) is 12.4. The Labute approximate surface area is 222 Å². The Kier molecular flexibility index (Phi) is 7.29. The van der Waals surface area contributed by atoms with E-state index in [4.69, 9.17) is 21.4 Å². The monoisotopic (exact) mass is 542 g/mol. The quantitative estimate of drug-likeness (QED) is 0.407. The summed E-state index contributed by atoms with van der Waals surface area (Å²) in [6.07, 6.45) is 3.64. The van der Waals surface area contributed by atoms with Gasteiger partial charge in [0.1, 0.15) is 5.75 Å². The van der Waals surface area contributed by atoms with Gasteiger partial charge in [-0.05, 0) is 61.6 Å². The molecule has 1 aliphatic heterocycles. The van der Waals surface area contributed by atoms with Crippen LogP contribution in [0.5, 0.6) is 5.75 Å². The molecule has 0 unspecified atom stereocenters. The van der Waals surface area contributed by atoms with Gasteiger partial charge in [0.2, 0.25) is 5.91 Å². The van der Waals surface area contributed by atoms with E-state index in [9.17, 15) is 13.2 Å². The second kappa shape index (κ2) is 10.5. The van der Waals surface area contributed by atoms with E-state index in [2.05, 4.69) is 4.90 Å². The molecule has 3 aromatic rings. The third kappa shape index (κ3) is 6.34. The van der Waals surface area contributed by atoms with E-state index in [0.29, 0.717) is 47.8 Å². The molecular weight excluding hydrogens is 512 g/mol. The van der Waals surface area contributed by atoms with Crippen LogP contribution in [0.1, 0.15) is 29.7 Å². The zero-order valence-corrected chi connectivity index (χ0v) is 22.6. The Bertz CT molecular complexity index is 1400. The number of amides is 1. The second-order valence-electron chi connectivity index (χ2n) is 9.98. The maximum Gasteiger partial charge on any atom is 0.242 e. The molecule has 10 heteroatoms. The van der Waals surface area contributed by atoms with Crippen molar-refractivity contribution < 1.29 is 17.9 Å². The van der Waals surface area contributed by atoms with Crippen LogP contribution in [0.25, 0.3) is 0 Å². The fourth-order valence-corrected chi connectivity index (χ4v) is 5.28. The molecule has 1 saturated carbocycles. The highest BCUT2D eigenvalue weighted by atomic mass is 35.5. The van der Waals surface area contributed by atoms with Crippen molar-refractivity contribution in [2.24, 2.45) is 5.92 Å². The van der Waals surface area contributed by atoms with Gasteiger partial charge >= 0.3 is 0 Å². The number of piperazine rings is 1. The topological polar surface area (TPSA) is 84.7 Å². The number of rotatable bonds is 9. The Morgan fingerprint density at radius 3 is 2.49 bits per heavy atom. The molecule has 1 aliphatic carbocycles. The number of nitrogens with zero attached hydrogens (tertiary/aromatic N) is 4. The van der Waals surface area contributed by atoms with Crippen molar-refractivity contribution in [1.82, 2.24) is 14.7 Å². The number of carbonyl (C=O) groups excluding carboxylic acids is 1. The summed E-state index contributed by atoms with van der Waals surface area (Å²) in [5.74, 6) is 2.10. The van der Waals surface area contributed by atoms with Crippen LogP contribution < -0.4 is 9.64 Å². The first-order valence-corrected chi connectivity index (χ1v) is 14.7. The van der Waals surface area contributed by atoms with Crippen molar-refractivity contribution in [3.05, 3.63) is 70.4 Å². The maximum atomic E-state index is 13.0. The van der Waals surface area contributed by atoms with Crippen LogP contribution >= 0.6 is 11.6 Å². The van der Waals surface area contributed by atoms with Crippen LogP contribution in [0.15, 0.2) is 53.4 Å². The molecule has 0 bridgehead atoms. The van der Waals surface area contributed by atoms with Crippen molar-refractivity contribution in [3.63, 3.8) is 0 Å². The highest BCUT2D eigenvalue weighted by Crippen LogP contribution is 2.31. The summed E-state index contributed by atoms with van der Waals surface area (Å²) in [4.78, 5) is 17.1. The van der Waals surface area contributed by atoms with Gasteiger partial charge in [-0.25, -0.2) is 8.42 Å². The molecule has 196 valence electrons. The molecular formula is C27H31ClN4O4S. The Morgan fingerprint density at radius 2 is 1.81 bits per heavy atom. The van der Waals surface area contributed by atoms with Crippen molar-refractivity contribution in [2.45, 2.75) is 37.8 Å². The Morgan fingerprint density at radius 1 is 1.05 bits per heavy atom. The Hall–Kier alpha value is -2.88. The number of halogens is 1. The summed E-state index contributed by atoms with van der Waals surface area (Å²) in [6, 6.07) is 14.4. The average Bonchev–Trinajstić information content (AvgIpc) is 3.60. The van der Waals surface area contributed by atoms with E-state index in [1.54, 1.807) is 29.2 Å². The molecule has 0 radical (unpaired) electrons. The maximum absolute atomic E-state index is 13.0. The number of benzene rings is 2. The number of ether oxygens (including phenoxy) is 1. The Balaban J connectivity index is 1.23. The molecule has 0 N–H and O–H groups in total. The lowest BCUT2D eigenvalue weighted by Gasteiger charge is -2.33. The molecule has 0 spiro atoms. The zero-order chi connectivity index (χ0) is 26.2. The molecule has 2 heterocycles. The first kappa shape index (κ1) is 25.8. The van der Waals surface area contributed by atoms with Gasteiger partial charge in [-0.2, -0.15) is 5.10 Å². The number of anilines is 1. The summed E-state index contributed by atoms with van der Waals surface area (Å²) < 4.78 is 31.3. The van der Waals surface area contributed by atoms with Crippen LogP contribution in [-0.4, -0.2) is 61.5 Å². The summed E-state index contributed by atoms with van der Waals surface area (Å²) in [5.41, 5.74) is 2.88. The standard InChI is InChI=1S/C27H31ClN4O4S/c1-19-13-26(29-32(19)16-22-14-23(28)7-10-25(22)36-18-21-3-4-21)31-12-11-30(17-27(31)33)15-20-5-8-24(9-6-20)37(2,34)35/h5-10,13-14,21H,3-4,11-12,15-18H2,1-2H3. The number of hydrogen-bond donors (Lipinski definition) is 0.